The van der Waals surface area contributed by atoms with Crippen LogP contribution in [0.2, 0.25) is 0 Å². The van der Waals surface area contributed by atoms with Gasteiger partial charge in [0.2, 0.25) is 11.8 Å². The van der Waals surface area contributed by atoms with Crippen LogP contribution in [0.4, 0.5) is 11.4 Å². The molecular weight excluding hydrogens is 340 g/mol. The second kappa shape index (κ2) is 7.06. The number of benzene rings is 1. The molecule has 6 nitrogen and oxygen atoms in total. The van der Waals surface area contributed by atoms with Gasteiger partial charge in [-0.25, -0.2) is 0 Å². The SMILES string of the molecule is COc1cc(C)sc1C(=O)Nc1ccc(N2C(=O)CCCC2=O)cc1. The van der Waals surface area contributed by atoms with Gasteiger partial charge in [-0.2, -0.15) is 0 Å². The molecule has 3 amide bonds. The van der Waals surface area contributed by atoms with E-state index in [0.717, 1.165) is 4.88 Å². The van der Waals surface area contributed by atoms with Crippen molar-refractivity contribution >= 4 is 40.4 Å². The topological polar surface area (TPSA) is 75.7 Å². The zero-order chi connectivity index (χ0) is 18.0. The molecule has 7 heteroatoms. The van der Waals surface area contributed by atoms with Crippen LogP contribution in [0.5, 0.6) is 5.75 Å². The monoisotopic (exact) mass is 358 g/mol. The Balaban J connectivity index is 1.75. The Bertz CT molecular complexity index is 810. The van der Waals surface area contributed by atoms with Crippen molar-refractivity contribution in [3.8, 4) is 5.75 Å². The number of carbonyl (C=O) groups is 3. The van der Waals surface area contributed by atoms with Gasteiger partial charge in [-0.15, -0.1) is 11.3 Å². The summed E-state index contributed by atoms with van der Waals surface area (Å²) in [5.41, 5.74) is 1.11. The molecule has 1 aromatic heterocycles. The molecule has 25 heavy (non-hydrogen) atoms. The van der Waals surface area contributed by atoms with Crippen LogP contribution in [0, 0.1) is 6.92 Å². The number of anilines is 2. The van der Waals surface area contributed by atoms with Crippen LogP contribution in [0.1, 0.15) is 33.8 Å². The molecule has 0 radical (unpaired) electrons. The Kier molecular flexibility index (Phi) is 4.85. The molecule has 1 aliphatic rings. The largest absolute Gasteiger partial charge is 0.495 e. The van der Waals surface area contributed by atoms with Crippen LogP contribution >= 0.6 is 11.3 Å². The average molecular weight is 358 g/mol. The number of rotatable bonds is 4. The Morgan fingerprint density at radius 2 is 1.80 bits per heavy atom. The third-order valence-corrected chi connectivity index (χ3v) is 4.94. The van der Waals surface area contributed by atoms with E-state index in [2.05, 4.69) is 5.32 Å². The maximum atomic E-state index is 12.4. The molecule has 2 aromatic rings. The van der Waals surface area contributed by atoms with Crippen molar-refractivity contribution in [2.75, 3.05) is 17.3 Å². The maximum absolute atomic E-state index is 12.4. The molecule has 2 heterocycles. The zero-order valence-electron chi connectivity index (χ0n) is 14.0. The van der Waals surface area contributed by atoms with Crippen molar-refractivity contribution in [3.63, 3.8) is 0 Å². The highest BCUT2D eigenvalue weighted by molar-refractivity contribution is 7.14. The molecule has 0 atom stereocenters. The molecule has 1 saturated heterocycles. The second-order valence-electron chi connectivity index (χ2n) is 5.73. The van der Waals surface area contributed by atoms with E-state index in [4.69, 9.17) is 4.74 Å². The fraction of sp³-hybridized carbons (Fsp3) is 0.278. The molecular formula is C18H18N2O4S. The van der Waals surface area contributed by atoms with Crippen LogP contribution in [-0.2, 0) is 9.59 Å². The molecule has 1 N–H and O–H groups in total. The quantitative estimate of drug-likeness (QED) is 0.851. The van der Waals surface area contributed by atoms with Gasteiger partial charge in [0.05, 0.1) is 12.8 Å². The molecule has 0 aliphatic carbocycles. The summed E-state index contributed by atoms with van der Waals surface area (Å²) in [7, 11) is 1.53. The van der Waals surface area contributed by atoms with E-state index < -0.39 is 0 Å². The molecule has 0 unspecified atom stereocenters. The van der Waals surface area contributed by atoms with E-state index >= 15 is 0 Å². The fourth-order valence-electron chi connectivity index (χ4n) is 2.72. The molecule has 0 bridgehead atoms. The first-order valence-electron chi connectivity index (χ1n) is 7.91. The third-order valence-electron chi connectivity index (χ3n) is 3.91. The van der Waals surface area contributed by atoms with E-state index in [1.807, 2.05) is 13.0 Å². The van der Waals surface area contributed by atoms with E-state index in [1.54, 1.807) is 24.3 Å². The Labute approximate surface area is 149 Å². The van der Waals surface area contributed by atoms with Crippen LogP contribution in [0.15, 0.2) is 30.3 Å². The lowest BCUT2D eigenvalue weighted by Crippen LogP contribution is -2.40. The molecule has 3 rings (SSSR count). The average Bonchev–Trinajstić information content (AvgIpc) is 2.97. The summed E-state index contributed by atoms with van der Waals surface area (Å²) in [6.45, 7) is 1.91. The number of methoxy groups -OCH3 is 1. The number of aryl methyl sites for hydroxylation is 1. The van der Waals surface area contributed by atoms with Crippen LogP contribution in [-0.4, -0.2) is 24.8 Å². The standard InChI is InChI=1S/C18H18N2O4S/c1-11-10-14(24-2)17(25-11)18(23)19-12-6-8-13(9-7-12)20-15(21)4-3-5-16(20)22/h6-10H,3-5H2,1-2H3,(H,19,23). The Morgan fingerprint density at radius 1 is 1.16 bits per heavy atom. The van der Waals surface area contributed by atoms with Crippen molar-refractivity contribution in [1.29, 1.82) is 0 Å². The Morgan fingerprint density at radius 3 is 2.40 bits per heavy atom. The highest BCUT2D eigenvalue weighted by Crippen LogP contribution is 2.30. The van der Waals surface area contributed by atoms with Gasteiger partial charge in [0.25, 0.3) is 5.91 Å². The fourth-order valence-corrected chi connectivity index (χ4v) is 3.60. The van der Waals surface area contributed by atoms with Gasteiger partial charge >= 0.3 is 0 Å². The summed E-state index contributed by atoms with van der Waals surface area (Å²) in [5.74, 6) is -0.0902. The minimum atomic E-state index is -0.257. The number of hydrogen-bond donors (Lipinski definition) is 1. The number of nitrogens with zero attached hydrogens (tertiary/aromatic N) is 1. The van der Waals surface area contributed by atoms with Crippen LogP contribution in [0.3, 0.4) is 0 Å². The van der Waals surface area contributed by atoms with E-state index in [9.17, 15) is 14.4 Å². The number of hydrogen-bond acceptors (Lipinski definition) is 5. The van der Waals surface area contributed by atoms with Gasteiger partial charge in [0.1, 0.15) is 10.6 Å². The lowest BCUT2D eigenvalue weighted by Gasteiger charge is -2.24. The van der Waals surface area contributed by atoms with Crippen LogP contribution in [0.25, 0.3) is 0 Å². The summed E-state index contributed by atoms with van der Waals surface area (Å²) in [4.78, 5) is 39.0. The van der Waals surface area contributed by atoms with E-state index in [1.165, 1.54) is 23.3 Å². The van der Waals surface area contributed by atoms with Crippen molar-refractivity contribution in [2.24, 2.45) is 0 Å². The normalized spacial score (nSPS) is 14.6. The molecule has 0 spiro atoms. The first kappa shape index (κ1) is 17.2. The number of carbonyl (C=O) groups excluding carboxylic acids is 3. The highest BCUT2D eigenvalue weighted by atomic mass is 32.1. The summed E-state index contributed by atoms with van der Waals surface area (Å²) >= 11 is 1.36. The van der Waals surface area contributed by atoms with Crippen molar-refractivity contribution in [3.05, 3.63) is 40.1 Å². The summed E-state index contributed by atoms with van der Waals surface area (Å²) < 4.78 is 5.22. The number of piperidine rings is 1. The van der Waals surface area contributed by atoms with Crippen molar-refractivity contribution in [1.82, 2.24) is 0 Å². The lowest BCUT2D eigenvalue weighted by atomic mass is 10.1. The zero-order valence-corrected chi connectivity index (χ0v) is 14.8. The van der Waals surface area contributed by atoms with Gasteiger partial charge in [-0.1, -0.05) is 0 Å². The molecule has 1 aliphatic heterocycles. The van der Waals surface area contributed by atoms with Gasteiger partial charge < -0.3 is 10.1 Å². The second-order valence-corrected chi connectivity index (χ2v) is 6.99. The smallest absolute Gasteiger partial charge is 0.269 e. The molecule has 1 fully saturated rings. The van der Waals surface area contributed by atoms with Gasteiger partial charge in [-0.05, 0) is 43.7 Å². The minimum absolute atomic E-state index is 0.188. The van der Waals surface area contributed by atoms with Crippen molar-refractivity contribution < 1.29 is 19.1 Å². The minimum Gasteiger partial charge on any atom is -0.495 e. The highest BCUT2D eigenvalue weighted by Gasteiger charge is 2.27. The first-order valence-corrected chi connectivity index (χ1v) is 8.73. The molecule has 130 valence electrons. The molecule has 0 saturated carbocycles. The molecule has 1 aromatic carbocycles. The number of ether oxygens (including phenoxy) is 1. The van der Waals surface area contributed by atoms with Crippen molar-refractivity contribution in [2.45, 2.75) is 26.2 Å². The lowest BCUT2D eigenvalue weighted by molar-refractivity contribution is -0.129. The van der Waals surface area contributed by atoms with Gasteiger partial charge in [-0.3, -0.25) is 19.3 Å². The summed E-state index contributed by atoms with van der Waals surface area (Å²) in [5, 5.41) is 2.80. The summed E-state index contributed by atoms with van der Waals surface area (Å²) in [6, 6.07) is 8.49. The number of thiophene rings is 1. The number of nitrogens with one attached hydrogen (secondary N) is 1. The predicted octanol–water partition coefficient (Wildman–Crippen LogP) is 3.36. The van der Waals surface area contributed by atoms with E-state index in [0.29, 0.717) is 41.3 Å². The summed E-state index contributed by atoms with van der Waals surface area (Å²) in [6.07, 6.45) is 1.36. The van der Waals surface area contributed by atoms with Gasteiger partial charge in [0.15, 0.2) is 0 Å². The maximum Gasteiger partial charge on any atom is 0.269 e. The first-order chi connectivity index (χ1) is 12.0. The Hall–Kier alpha value is -2.67. The van der Waals surface area contributed by atoms with E-state index in [-0.39, 0.29) is 17.7 Å². The number of imide groups is 1. The third kappa shape index (κ3) is 3.56. The number of amides is 3. The predicted molar refractivity (Wildman–Crippen MR) is 96.3 cm³/mol. The van der Waals surface area contributed by atoms with Gasteiger partial charge in [0, 0.05) is 23.4 Å². The van der Waals surface area contributed by atoms with Crippen LogP contribution < -0.4 is 15.0 Å².